The van der Waals surface area contributed by atoms with Gasteiger partial charge in [-0.25, -0.2) is 0 Å². The second-order valence-electron chi connectivity index (χ2n) is 5.62. The SMILES string of the molecule is CCn1cc(CNC(=O)CCn2nc(C)c([N+](=O)[O-])c2C)c(C)n1. The van der Waals surface area contributed by atoms with Crippen molar-refractivity contribution in [2.24, 2.45) is 0 Å². The number of hydrogen-bond donors (Lipinski definition) is 1. The molecule has 0 fully saturated rings. The lowest BCUT2D eigenvalue weighted by atomic mass is 10.2. The Morgan fingerprint density at radius 1 is 1.29 bits per heavy atom. The van der Waals surface area contributed by atoms with Crippen molar-refractivity contribution in [2.45, 2.75) is 53.8 Å². The number of carbonyl (C=O) groups excluding carboxylic acids is 1. The van der Waals surface area contributed by atoms with Gasteiger partial charge in [0.1, 0.15) is 11.4 Å². The number of aryl methyl sites for hydroxylation is 4. The number of amides is 1. The first-order valence-electron chi connectivity index (χ1n) is 7.81. The van der Waals surface area contributed by atoms with Crippen LogP contribution in [0.5, 0.6) is 0 Å². The van der Waals surface area contributed by atoms with Crippen molar-refractivity contribution in [1.82, 2.24) is 24.9 Å². The molecule has 9 heteroatoms. The molecule has 1 amide bonds. The highest BCUT2D eigenvalue weighted by atomic mass is 16.6. The summed E-state index contributed by atoms with van der Waals surface area (Å²) in [5.74, 6) is -0.131. The Morgan fingerprint density at radius 3 is 2.54 bits per heavy atom. The molecule has 9 nitrogen and oxygen atoms in total. The lowest BCUT2D eigenvalue weighted by Crippen LogP contribution is -2.24. The van der Waals surface area contributed by atoms with Gasteiger partial charge in [-0.05, 0) is 27.7 Å². The summed E-state index contributed by atoms with van der Waals surface area (Å²) >= 11 is 0. The molecule has 0 aliphatic rings. The lowest BCUT2D eigenvalue weighted by Gasteiger charge is -2.06. The number of nitrogens with zero attached hydrogens (tertiary/aromatic N) is 5. The molecule has 0 saturated heterocycles. The minimum absolute atomic E-state index is 0.0120. The molecule has 0 radical (unpaired) electrons. The van der Waals surface area contributed by atoms with Crippen LogP contribution in [0.25, 0.3) is 0 Å². The first-order valence-corrected chi connectivity index (χ1v) is 7.81. The fourth-order valence-corrected chi connectivity index (χ4v) is 2.55. The second kappa shape index (κ2) is 7.24. The Hall–Kier alpha value is -2.71. The van der Waals surface area contributed by atoms with Crippen molar-refractivity contribution < 1.29 is 9.72 Å². The summed E-state index contributed by atoms with van der Waals surface area (Å²) in [6.45, 7) is 8.65. The Labute approximate surface area is 139 Å². The molecular formula is C15H22N6O3. The van der Waals surface area contributed by atoms with E-state index in [1.54, 1.807) is 13.8 Å². The van der Waals surface area contributed by atoms with E-state index in [2.05, 4.69) is 15.5 Å². The van der Waals surface area contributed by atoms with E-state index in [0.29, 0.717) is 24.5 Å². The van der Waals surface area contributed by atoms with Gasteiger partial charge in [-0.1, -0.05) is 0 Å². The third-order valence-electron chi connectivity index (χ3n) is 3.92. The largest absolute Gasteiger partial charge is 0.352 e. The Morgan fingerprint density at radius 2 is 2.00 bits per heavy atom. The van der Waals surface area contributed by atoms with Crippen LogP contribution in [-0.4, -0.2) is 30.4 Å². The van der Waals surface area contributed by atoms with Gasteiger partial charge in [-0.2, -0.15) is 10.2 Å². The van der Waals surface area contributed by atoms with Gasteiger partial charge in [0.15, 0.2) is 0 Å². The van der Waals surface area contributed by atoms with Crippen molar-refractivity contribution >= 4 is 11.6 Å². The number of rotatable bonds is 7. The molecule has 2 aromatic rings. The Kier molecular flexibility index (Phi) is 5.32. The summed E-state index contributed by atoms with van der Waals surface area (Å²) in [4.78, 5) is 22.5. The van der Waals surface area contributed by atoms with E-state index < -0.39 is 4.92 Å². The number of nitro groups is 1. The molecule has 2 rings (SSSR count). The maximum absolute atomic E-state index is 12.0. The van der Waals surface area contributed by atoms with Crippen LogP contribution in [-0.2, 0) is 24.4 Å². The van der Waals surface area contributed by atoms with Crippen LogP contribution in [0, 0.1) is 30.9 Å². The fourth-order valence-electron chi connectivity index (χ4n) is 2.55. The number of aromatic nitrogens is 4. The number of hydrogen-bond acceptors (Lipinski definition) is 5. The predicted molar refractivity (Wildman–Crippen MR) is 87.5 cm³/mol. The van der Waals surface area contributed by atoms with Gasteiger partial charge < -0.3 is 5.32 Å². The van der Waals surface area contributed by atoms with Gasteiger partial charge in [0.25, 0.3) is 0 Å². The van der Waals surface area contributed by atoms with E-state index in [0.717, 1.165) is 17.8 Å². The van der Waals surface area contributed by atoms with Gasteiger partial charge in [0.05, 0.1) is 17.2 Å². The highest BCUT2D eigenvalue weighted by Gasteiger charge is 2.21. The fraction of sp³-hybridized carbons (Fsp3) is 0.533. The monoisotopic (exact) mass is 334 g/mol. The van der Waals surface area contributed by atoms with Crippen molar-refractivity contribution in [2.75, 3.05) is 0 Å². The zero-order valence-corrected chi connectivity index (χ0v) is 14.4. The van der Waals surface area contributed by atoms with Gasteiger partial charge in [0.2, 0.25) is 5.91 Å². The van der Waals surface area contributed by atoms with Gasteiger partial charge >= 0.3 is 5.69 Å². The van der Waals surface area contributed by atoms with E-state index in [9.17, 15) is 14.9 Å². The molecule has 0 atom stereocenters. The van der Waals surface area contributed by atoms with Crippen LogP contribution in [0.3, 0.4) is 0 Å². The zero-order chi connectivity index (χ0) is 17.9. The Bertz CT molecular complexity index is 762. The summed E-state index contributed by atoms with van der Waals surface area (Å²) in [5.41, 5.74) is 2.71. The molecule has 0 aromatic carbocycles. The third kappa shape index (κ3) is 3.79. The molecule has 0 bridgehead atoms. The summed E-state index contributed by atoms with van der Waals surface area (Å²) in [6, 6.07) is 0. The van der Waals surface area contributed by atoms with Crippen molar-refractivity contribution in [3.63, 3.8) is 0 Å². The standard InChI is InChI=1S/C15H22N6O3/c1-5-19-9-13(10(2)17-19)8-16-14(22)6-7-20-12(4)15(21(23)24)11(3)18-20/h9H,5-8H2,1-4H3,(H,16,22). The maximum atomic E-state index is 12.0. The molecular weight excluding hydrogens is 312 g/mol. The van der Waals surface area contributed by atoms with Crippen LogP contribution in [0.15, 0.2) is 6.20 Å². The van der Waals surface area contributed by atoms with E-state index >= 15 is 0 Å². The molecule has 0 spiro atoms. The highest BCUT2D eigenvalue weighted by molar-refractivity contribution is 5.75. The lowest BCUT2D eigenvalue weighted by molar-refractivity contribution is -0.386. The first-order chi connectivity index (χ1) is 11.3. The maximum Gasteiger partial charge on any atom is 0.312 e. The van der Waals surface area contributed by atoms with Crippen LogP contribution < -0.4 is 5.32 Å². The summed E-state index contributed by atoms with van der Waals surface area (Å²) < 4.78 is 3.33. The van der Waals surface area contributed by atoms with Crippen LogP contribution in [0.2, 0.25) is 0 Å². The molecule has 1 N–H and O–H groups in total. The third-order valence-corrected chi connectivity index (χ3v) is 3.92. The molecule has 0 unspecified atom stereocenters. The molecule has 24 heavy (non-hydrogen) atoms. The van der Waals surface area contributed by atoms with Crippen LogP contribution in [0.1, 0.15) is 36.0 Å². The highest BCUT2D eigenvalue weighted by Crippen LogP contribution is 2.21. The molecule has 0 aliphatic carbocycles. The zero-order valence-electron chi connectivity index (χ0n) is 14.4. The van der Waals surface area contributed by atoms with Gasteiger partial charge in [-0.3, -0.25) is 24.3 Å². The van der Waals surface area contributed by atoms with E-state index in [-0.39, 0.29) is 18.0 Å². The van der Waals surface area contributed by atoms with Gasteiger partial charge in [0, 0.05) is 31.3 Å². The van der Waals surface area contributed by atoms with Crippen LogP contribution in [0.4, 0.5) is 5.69 Å². The van der Waals surface area contributed by atoms with E-state index in [4.69, 9.17) is 0 Å². The van der Waals surface area contributed by atoms with E-state index in [1.807, 2.05) is 24.7 Å². The van der Waals surface area contributed by atoms with Crippen molar-refractivity contribution in [1.29, 1.82) is 0 Å². The van der Waals surface area contributed by atoms with Crippen molar-refractivity contribution in [3.8, 4) is 0 Å². The normalized spacial score (nSPS) is 10.8. The van der Waals surface area contributed by atoms with Crippen LogP contribution >= 0.6 is 0 Å². The minimum Gasteiger partial charge on any atom is -0.352 e. The molecule has 0 saturated carbocycles. The second-order valence-corrected chi connectivity index (χ2v) is 5.62. The summed E-state index contributed by atoms with van der Waals surface area (Å²) in [5, 5.41) is 22.3. The van der Waals surface area contributed by atoms with Gasteiger partial charge in [-0.15, -0.1) is 0 Å². The predicted octanol–water partition coefficient (Wildman–Crippen LogP) is 1.64. The number of nitrogens with one attached hydrogen (secondary N) is 1. The van der Waals surface area contributed by atoms with Crippen molar-refractivity contribution in [3.05, 3.63) is 39.0 Å². The molecule has 130 valence electrons. The number of carbonyl (C=O) groups is 1. The average molecular weight is 334 g/mol. The summed E-state index contributed by atoms with van der Waals surface area (Å²) in [7, 11) is 0. The quantitative estimate of drug-likeness (QED) is 0.611. The molecule has 2 aromatic heterocycles. The molecule has 0 aliphatic heterocycles. The Balaban J connectivity index is 1.90. The smallest absolute Gasteiger partial charge is 0.312 e. The molecule has 2 heterocycles. The average Bonchev–Trinajstić information content (AvgIpc) is 3.02. The first kappa shape index (κ1) is 17.6. The minimum atomic E-state index is -0.442. The summed E-state index contributed by atoms with van der Waals surface area (Å²) in [6.07, 6.45) is 2.13. The van der Waals surface area contributed by atoms with E-state index in [1.165, 1.54) is 4.68 Å². The topological polar surface area (TPSA) is 108 Å².